The van der Waals surface area contributed by atoms with Gasteiger partial charge in [0.1, 0.15) is 11.5 Å². The molecule has 168 valence electrons. The zero-order valence-electron chi connectivity index (χ0n) is 18.7. The smallest absolute Gasteiger partial charge is 0.221 e. The third-order valence-electron chi connectivity index (χ3n) is 5.18. The zero-order valence-corrected chi connectivity index (χ0v) is 18.7. The summed E-state index contributed by atoms with van der Waals surface area (Å²) in [7, 11) is 0. The van der Waals surface area contributed by atoms with E-state index >= 15 is 0 Å². The number of aromatic nitrogens is 2. The number of anilines is 1. The number of ether oxygens (including phenoxy) is 1. The van der Waals surface area contributed by atoms with Gasteiger partial charge in [-0.15, -0.1) is 0 Å². The molecule has 7 nitrogen and oxygen atoms in total. The number of rotatable bonds is 7. The van der Waals surface area contributed by atoms with E-state index in [0.717, 1.165) is 28.7 Å². The molecular formula is C27H23N5O2. The molecule has 0 saturated carbocycles. The minimum Gasteiger partial charge on any atom is -0.455 e. The highest BCUT2D eigenvalue weighted by molar-refractivity contribution is 5.93. The molecule has 4 aromatic rings. The molecule has 0 bridgehead atoms. The first kappa shape index (κ1) is 22.6. The fourth-order valence-corrected chi connectivity index (χ4v) is 3.60. The first-order valence-corrected chi connectivity index (χ1v) is 10.8. The van der Waals surface area contributed by atoms with E-state index in [0.29, 0.717) is 35.0 Å². The molecule has 7 heteroatoms. The number of para-hydroxylation sites is 1. The number of nitriles is 1. The Balaban J connectivity index is 1.70. The molecule has 3 aromatic carbocycles. The van der Waals surface area contributed by atoms with Gasteiger partial charge in [-0.05, 0) is 48.4 Å². The van der Waals surface area contributed by atoms with Gasteiger partial charge >= 0.3 is 0 Å². The molecule has 0 saturated heterocycles. The fourth-order valence-electron chi connectivity index (χ4n) is 3.60. The molecule has 0 spiro atoms. The van der Waals surface area contributed by atoms with Crippen LogP contribution in [-0.4, -0.2) is 22.6 Å². The highest BCUT2D eigenvalue weighted by atomic mass is 16.5. The second kappa shape index (κ2) is 10.4. The Morgan fingerprint density at radius 2 is 1.85 bits per heavy atom. The maximum absolute atomic E-state index is 11.6. The number of carbonyl (C=O) groups excluding carboxylic acids is 1. The van der Waals surface area contributed by atoms with Crippen LogP contribution in [0.3, 0.4) is 0 Å². The van der Waals surface area contributed by atoms with Crippen LogP contribution >= 0.6 is 0 Å². The van der Waals surface area contributed by atoms with Gasteiger partial charge in [0.05, 0.1) is 29.2 Å². The van der Waals surface area contributed by atoms with Gasteiger partial charge in [-0.25, -0.2) is 0 Å². The summed E-state index contributed by atoms with van der Waals surface area (Å²) in [5.74, 6) is 0.807. The summed E-state index contributed by atoms with van der Waals surface area (Å²) in [6, 6.07) is 24.7. The zero-order chi connectivity index (χ0) is 23.9. The van der Waals surface area contributed by atoms with E-state index in [4.69, 9.17) is 10.5 Å². The van der Waals surface area contributed by atoms with E-state index in [1.54, 1.807) is 24.3 Å². The van der Waals surface area contributed by atoms with Crippen LogP contribution in [0.4, 0.5) is 5.69 Å². The molecule has 0 atom stereocenters. The van der Waals surface area contributed by atoms with E-state index in [9.17, 15) is 10.1 Å². The van der Waals surface area contributed by atoms with Crippen LogP contribution in [0.15, 0.2) is 79.0 Å². The average Bonchev–Trinajstić information content (AvgIpc) is 2.85. The standard InChI is InChI=1S/C27H23N5O2/c1-18(33)31-25-5-3-2-4-24(25)26-15-22(17-30-32-26)34-27-14-20(16-29)8-11-23(27)21-9-6-19(7-10-21)12-13-28/h2-11,14-15,17H,12-13,28H2,1H3,(H,31,33). The normalized spacial score (nSPS) is 10.4. The minimum atomic E-state index is -0.178. The van der Waals surface area contributed by atoms with Crippen molar-refractivity contribution in [2.24, 2.45) is 5.73 Å². The molecular weight excluding hydrogens is 426 g/mol. The number of hydrogen-bond acceptors (Lipinski definition) is 6. The summed E-state index contributed by atoms with van der Waals surface area (Å²) >= 11 is 0. The molecule has 3 N–H and O–H groups in total. The second-order valence-electron chi connectivity index (χ2n) is 7.66. The van der Waals surface area contributed by atoms with Crippen molar-refractivity contribution >= 4 is 11.6 Å². The van der Waals surface area contributed by atoms with Crippen LogP contribution in [0.2, 0.25) is 0 Å². The number of amides is 1. The van der Waals surface area contributed by atoms with Crippen LogP contribution in [0, 0.1) is 11.3 Å². The first-order valence-electron chi connectivity index (χ1n) is 10.8. The van der Waals surface area contributed by atoms with Crippen LogP contribution < -0.4 is 15.8 Å². The molecule has 0 aliphatic rings. The van der Waals surface area contributed by atoms with Crippen LogP contribution in [0.1, 0.15) is 18.1 Å². The molecule has 34 heavy (non-hydrogen) atoms. The van der Waals surface area contributed by atoms with E-state index < -0.39 is 0 Å². The van der Waals surface area contributed by atoms with Crippen molar-refractivity contribution in [3.63, 3.8) is 0 Å². The Kier molecular flexibility index (Phi) is 6.92. The van der Waals surface area contributed by atoms with Crippen molar-refractivity contribution in [3.8, 4) is 40.0 Å². The van der Waals surface area contributed by atoms with E-state index in [2.05, 4.69) is 21.6 Å². The highest BCUT2D eigenvalue weighted by Crippen LogP contribution is 2.36. The second-order valence-corrected chi connectivity index (χ2v) is 7.66. The lowest BCUT2D eigenvalue weighted by Crippen LogP contribution is -2.07. The van der Waals surface area contributed by atoms with Gasteiger partial charge in [-0.3, -0.25) is 4.79 Å². The summed E-state index contributed by atoms with van der Waals surface area (Å²) in [5.41, 5.74) is 11.0. The van der Waals surface area contributed by atoms with Gasteiger partial charge < -0.3 is 15.8 Å². The van der Waals surface area contributed by atoms with Crippen molar-refractivity contribution in [2.45, 2.75) is 13.3 Å². The lowest BCUT2D eigenvalue weighted by molar-refractivity contribution is -0.114. The predicted octanol–water partition coefficient (Wildman–Crippen LogP) is 4.93. The molecule has 4 rings (SSSR count). The number of nitrogens with two attached hydrogens (primary N) is 1. The van der Waals surface area contributed by atoms with E-state index in [1.165, 1.54) is 13.1 Å². The van der Waals surface area contributed by atoms with Crippen molar-refractivity contribution in [1.82, 2.24) is 10.2 Å². The van der Waals surface area contributed by atoms with Gasteiger partial charge in [-0.1, -0.05) is 42.5 Å². The maximum atomic E-state index is 11.6. The molecule has 1 amide bonds. The van der Waals surface area contributed by atoms with Crippen molar-refractivity contribution in [2.75, 3.05) is 11.9 Å². The van der Waals surface area contributed by atoms with Gasteiger partial charge in [0, 0.05) is 24.1 Å². The molecule has 1 aromatic heterocycles. The van der Waals surface area contributed by atoms with Gasteiger partial charge in [0.25, 0.3) is 0 Å². The van der Waals surface area contributed by atoms with Crippen LogP contribution in [-0.2, 0) is 11.2 Å². The minimum absolute atomic E-state index is 0.178. The van der Waals surface area contributed by atoms with Gasteiger partial charge in [-0.2, -0.15) is 15.5 Å². The fraction of sp³-hybridized carbons (Fsp3) is 0.111. The molecule has 0 aliphatic carbocycles. The molecule has 0 aliphatic heterocycles. The number of carbonyl (C=O) groups is 1. The first-order chi connectivity index (χ1) is 16.6. The third kappa shape index (κ3) is 5.26. The monoisotopic (exact) mass is 449 g/mol. The molecule has 0 fully saturated rings. The summed E-state index contributed by atoms with van der Waals surface area (Å²) in [6.45, 7) is 2.04. The summed E-state index contributed by atoms with van der Waals surface area (Å²) in [4.78, 5) is 11.6. The summed E-state index contributed by atoms with van der Waals surface area (Å²) in [5, 5.41) is 20.5. The Labute approximate surface area is 197 Å². The Morgan fingerprint density at radius 3 is 2.59 bits per heavy atom. The van der Waals surface area contributed by atoms with Crippen molar-refractivity contribution < 1.29 is 9.53 Å². The Hall–Kier alpha value is -4.54. The summed E-state index contributed by atoms with van der Waals surface area (Å²) < 4.78 is 6.21. The number of nitrogens with zero attached hydrogens (tertiary/aromatic N) is 3. The summed E-state index contributed by atoms with van der Waals surface area (Å²) in [6.07, 6.45) is 2.32. The van der Waals surface area contributed by atoms with E-state index in [-0.39, 0.29) is 5.91 Å². The number of nitrogens with one attached hydrogen (secondary N) is 1. The Bertz CT molecular complexity index is 1360. The Morgan fingerprint density at radius 1 is 1.06 bits per heavy atom. The average molecular weight is 450 g/mol. The largest absolute Gasteiger partial charge is 0.455 e. The van der Waals surface area contributed by atoms with Crippen molar-refractivity contribution in [1.29, 1.82) is 5.26 Å². The van der Waals surface area contributed by atoms with E-state index in [1.807, 2.05) is 48.5 Å². The lowest BCUT2D eigenvalue weighted by atomic mass is 10.0. The quantitative estimate of drug-likeness (QED) is 0.413. The van der Waals surface area contributed by atoms with Crippen LogP contribution in [0.25, 0.3) is 22.4 Å². The highest BCUT2D eigenvalue weighted by Gasteiger charge is 2.13. The maximum Gasteiger partial charge on any atom is 0.221 e. The van der Waals surface area contributed by atoms with Crippen molar-refractivity contribution in [3.05, 3.63) is 90.1 Å². The molecule has 0 radical (unpaired) electrons. The predicted molar refractivity (Wildman–Crippen MR) is 131 cm³/mol. The molecule has 1 heterocycles. The number of hydrogen-bond donors (Lipinski definition) is 2. The van der Waals surface area contributed by atoms with Gasteiger partial charge in [0.2, 0.25) is 5.91 Å². The molecule has 0 unspecified atom stereocenters. The van der Waals surface area contributed by atoms with Crippen LogP contribution in [0.5, 0.6) is 11.5 Å². The van der Waals surface area contributed by atoms with Gasteiger partial charge in [0.15, 0.2) is 0 Å². The third-order valence-corrected chi connectivity index (χ3v) is 5.18. The topological polar surface area (TPSA) is 114 Å². The SMILES string of the molecule is CC(=O)Nc1ccccc1-c1cc(Oc2cc(C#N)ccc2-c2ccc(CCN)cc2)cnn1. The number of benzene rings is 3. The lowest BCUT2D eigenvalue weighted by Gasteiger charge is -2.13.